The minimum Gasteiger partial charge on any atom is -0.455 e. The molecule has 10 N–H and O–H groups in total. The summed E-state index contributed by atoms with van der Waals surface area (Å²) in [6.07, 6.45) is -11.6. The Morgan fingerprint density at radius 1 is 0.877 bits per heavy atom. The third-order valence-electron chi connectivity index (χ3n) is 12.7. The number of hydrogen-bond acceptors (Lipinski definition) is 22. The van der Waals surface area contributed by atoms with Crippen LogP contribution in [-0.2, 0) is 80.2 Å². The molecule has 3 fully saturated rings. The van der Waals surface area contributed by atoms with Crippen molar-refractivity contribution in [2.45, 2.75) is 93.7 Å². The van der Waals surface area contributed by atoms with Gasteiger partial charge in [-0.1, -0.05) is 48.0 Å². The number of anilines is 3. The number of halogens is 2. The number of carbonyl (C=O) groups is 3. The maximum absolute atomic E-state index is 14.5. The Bertz CT molecular complexity index is 3380. The molecule has 9 rings (SSSR count). The Balaban J connectivity index is 0.934. The minimum absolute atomic E-state index is 0.00937. The van der Waals surface area contributed by atoms with E-state index in [1.165, 1.54) is 53.5 Å². The summed E-state index contributed by atoms with van der Waals surface area (Å²) in [7, 11) is -10.7. The van der Waals surface area contributed by atoms with Crippen molar-refractivity contribution in [2.24, 2.45) is 0 Å². The van der Waals surface area contributed by atoms with Gasteiger partial charge in [0.1, 0.15) is 66.6 Å². The van der Waals surface area contributed by atoms with E-state index in [1.807, 2.05) is 0 Å². The highest BCUT2D eigenvalue weighted by atomic mass is 35.5. The van der Waals surface area contributed by atoms with Crippen LogP contribution in [-0.4, -0.2) is 136 Å². The number of fused-ring (bicyclic) bond motifs is 1. The quantitative estimate of drug-likeness (QED) is 0.0358. The second-order valence-electron chi connectivity index (χ2n) is 18.5. The van der Waals surface area contributed by atoms with E-state index < -0.39 is 114 Å². The molecule has 3 saturated heterocycles. The number of phosphoric ester groups is 2. The summed E-state index contributed by atoms with van der Waals surface area (Å²) < 4.78 is 92.7. The summed E-state index contributed by atoms with van der Waals surface area (Å²) in [6, 6.07) is 17.7. The maximum atomic E-state index is 14.5. The van der Waals surface area contributed by atoms with Crippen LogP contribution in [0, 0.1) is 5.82 Å². The lowest BCUT2D eigenvalue weighted by Gasteiger charge is -2.29. The van der Waals surface area contributed by atoms with Crippen LogP contribution in [0.5, 0.6) is 0 Å². The van der Waals surface area contributed by atoms with Crippen LogP contribution in [0.3, 0.4) is 0 Å². The maximum Gasteiger partial charge on any atom is 0.472 e. The number of nitrogens with two attached hydrogens (primary N) is 2. The molecule has 432 valence electrons. The van der Waals surface area contributed by atoms with E-state index in [9.17, 15) is 52.5 Å². The fraction of sp³-hybridized carbons (Fsp3) is 0.375. The SMILES string of the molecule is Nc1ccn([C@@H]2O[C@H](COP(=O)(O)O)[C@@H](OP(=O)(O)OCC3O[C@@H](n4cnc5c(N)ncnc54)[C@H](O)[C@@H]3OC(=O)[C@H](Cc3cccc(Cl)c3)NC(=O)OCc3ccc(NC(=O)Cc4ccc(F)cc4)cc3)[C@H]2OC2CCCO2)c(=O)n1. The van der Waals surface area contributed by atoms with Crippen molar-refractivity contribution in [1.82, 2.24) is 34.4 Å². The first-order chi connectivity index (χ1) is 38.6. The van der Waals surface area contributed by atoms with Crippen LogP contribution >= 0.6 is 27.2 Å². The van der Waals surface area contributed by atoms with E-state index >= 15 is 0 Å². The number of ether oxygens (including phenoxy) is 6. The highest BCUT2D eigenvalue weighted by Crippen LogP contribution is 2.51. The van der Waals surface area contributed by atoms with Gasteiger partial charge in [-0.25, -0.2) is 42.9 Å². The Hall–Kier alpha value is -6.86. The third kappa shape index (κ3) is 15.2. The lowest BCUT2D eigenvalue weighted by atomic mass is 10.1. The molecule has 3 aliphatic rings. The fourth-order valence-corrected chi connectivity index (χ4v) is 10.4. The number of aromatic nitrogens is 6. The fourth-order valence-electron chi connectivity index (χ4n) is 8.92. The van der Waals surface area contributed by atoms with Gasteiger partial charge in [0.2, 0.25) is 5.91 Å². The molecule has 0 bridgehead atoms. The van der Waals surface area contributed by atoms with Gasteiger partial charge in [0, 0.05) is 36.4 Å². The molecule has 3 aliphatic heterocycles. The average molecular weight is 1190 g/mol. The second-order valence-corrected chi connectivity index (χ2v) is 21.5. The molecule has 0 saturated carbocycles. The first kappa shape index (κ1) is 58.8. The molecule has 81 heavy (non-hydrogen) atoms. The molecule has 0 radical (unpaired) electrons. The van der Waals surface area contributed by atoms with Crippen molar-refractivity contribution in [2.75, 3.05) is 36.6 Å². The number of esters is 1. The van der Waals surface area contributed by atoms with Gasteiger partial charge in [-0.3, -0.25) is 27.5 Å². The van der Waals surface area contributed by atoms with E-state index in [2.05, 4.69) is 30.6 Å². The minimum atomic E-state index is -5.51. The number of hydrogen-bond donors (Lipinski definition) is 8. The summed E-state index contributed by atoms with van der Waals surface area (Å²) >= 11 is 6.28. The smallest absolute Gasteiger partial charge is 0.455 e. The summed E-state index contributed by atoms with van der Waals surface area (Å²) in [5.74, 6) is -2.19. The number of nitrogens with one attached hydrogen (secondary N) is 2. The predicted molar refractivity (Wildman–Crippen MR) is 276 cm³/mol. The zero-order chi connectivity index (χ0) is 57.6. The van der Waals surface area contributed by atoms with Crippen molar-refractivity contribution in [1.29, 1.82) is 0 Å². The van der Waals surface area contributed by atoms with Crippen LogP contribution in [0.2, 0.25) is 5.02 Å². The molecular formula is C48H52ClFN10O19P2. The molecule has 6 heterocycles. The second kappa shape index (κ2) is 25.5. The first-order valence-electron chi connectivity index (χ1n) is 24.6. The molecule has 2 amide bonds. The summed E-state index contributed by atoms with van der Waals surface area (Å²) in [4.78, 5) is 100. The van der Waals surface area contributed by atoms with E-state index in [0.29, 0.717) is 35.2 Å². The number of amides is 2. The number of phosphoric acid groups is 2. The number of nitrogen functional groups attached to an aromatic ring is 2. The Morgan fingerprint density at radius 2 is 1.60 bits per heavy atom. The van der Waals surface area contributed by atoms with Crippen LogP contribution < -0.4 is 27.8 Å². The van der Waals surface area contributed by atoms with Gasteiger partial charge in [-0.2, -0.15) is 4.98 Å². The lowest BCUT2D eigenvalue weighted by Crippen LogP contribution is -2.47. The van der Waals surface area contributed by atoms with E-state index in [0.717, 1.165) is 10.9 Å². The van der Waals surface area contributed by atoms with Gasteiger partial charge < -0.3 is 70.3 Å². The van der Waals surface area contributed by atoms with Gasteiger partial charge in [0.15, 0.2) is 36.3 Å². The summed E-state index contributed by atoms with van der Waals surface area (Å²) in [5.41, 5.74) is 12.8. The number of aliphatic hydroxyl groups excluding tert-OH is 1. The van der Waals surface area contributed by atoms with Gasteiger partial charge in [-0.15, -0.1) is 0 Å². The number of alkyl carbamates (subject to hydrolysis) is 1. The van der Waals surface area contributed by atoms with Crippen LogP contribution in [0.4, 0.5) is 26.5 Å². The number of imidazole rings is 1. The molecule has 11 atom stereocenters. The molecule has 29 nitrogen and oxygen atoms in total. The van der Waals surface area contributed by atoms with Crippen molar-refractivity contribution in [3.8, 4) is 0 Å². The Morgan fingerprint density at radius 3 is 2.32 bits per heavy atom. The van der Waals surface area contributed by atoms with Crippen LogP contribution in [0.15, 0.2) is 103 Å². The van der Waals surface area contributed by atoms with E-state index in [1.54, 1.807) is 42.5 Å². The van der Waals surface area contributed by atoms with Gasteiger partial charge >= 0.3 is 33.4 Å². The molecule has 33 heteroatoms. The molecule has 3 aromatic heterocycles. The average Bonchev–Trinajstić information content (AvgIpc) is 4.35. The van der Waals surface area contributed by atoms with Crippen molar-refractivity contribution < 1.29 is 89.7 Å². The number of carbonyl (C=O) groups excluding carboxylic acids is 3. The largest absolute Gasteiger partial charge is 0.472 e. The monoisotopic (exact) mass is 1190 g/mol. The van der Waals surface area contributed by atoms with Gasteiger partial charge in [0.25, 0.3) is 0 Å². The number of aliphatic hydroxyl groups is 1. The highest BCUT2D eigenvalue weighted by molar-refractivity contribution is 7.47. The highest BCUT2D eigenvalue weighted by Gasteiger charge is 2.54. The predicted octanol–water partition coefficient (Wildman–Crippen LogP) is 2.96. The van der Waals surface area contributed by atoms with Crippen molar-refractivity contribution in [3.63, 3.8) is 0 Å². The Kier molecular flexibility index (Phi) is 18.5. The molecular weight excluding hydrogens is 1140 g/mol. The summed E-state index contributed by atoms with van der Waals surface area (Å²) in [6.45, 7) is -2.08. The number of nitrogens with zero attached hydrogens (tertiary/aromatic N) is 6. The standard InChI is InChI=1S/C48H52ClFN10O19P2/c49-28-4-1-3-27(17-28)18-31(57-48(65)72-20-26-8-12-30(13-9-26)56-35(61)19-25-6-10-29(50)11-7-25)46(63)78-39-32(75-44(38(39)62)60-24-55-37-42(52)53-23-54-43(37)60)22-74-81(69,70)79-40-33(21-73-80(66,67)68)76-45(41(40)77-36-5-2-16-71-36)59-15-14-34(51)58-47(59)64/h1,3-4,6-15,17,23-24,31-33,36,38-41,44-45,62H,2,5,16,18-22H2,(H,56,61)(H,57,65)(H,69,70)(H2,51,58,64)(H2,52,53,54)(H2,66,67,68)/t31-,32?,33+,36?,38+,39+,40+,41+,44+,45+/m0/s1. The van der Waals surface area contributed by atoms with Gasteiger partial charge in [0.05, 0.1) is 26.0 Å². The summed E-state index contributed by atoms with van der Waals surface area (Å²) in [5, 5.41) is 17.5. The number of rotatable bonds is 22. The third-order valence-corrected chi connectivity index (χ3v) is 14.4. The molecule has 0 aliphatic carbocycles. The van der Waals surface area contributed by atoms with Crippen LogP contribution in [0.25, 0.3) is 11.2 Å². The first-order valence-corrected chi connectivity index (χ1v) is 28.0. The lowest BCUT2D eigenvalue weighted by molar-refractivity contribution is -0.181. The van der Waals surface area contributed by atoms with E-state index in [-0.39, 0.29) is 59.8 Å². The zero-order valence-electron chi connectivity index (χ0n) is 42.1. The van der Waals surface area contributed by atoms with Crippen molar-refractivity contribution >= 4 is 73.7 Å². The van der Waals surface area contributed by atoms with E-state index in [4.69, 9.17) is 65.1 Å². The zero-order valence-corrected chi connectivity index (χ0v) is 44.6. The normalized spacial score (nSPS) is 23.9. The molecule has 3 unspecified atom stereocenters. The van der Waals surface area contributed by atoms with Crippen molar-refractivity contribution in [3.05, 3.63) is 136 Å². The van der Waals surface area contributed by atoms with Crippen LogP contribution in [0.1, 0.15) is 42.0 Å². The Labute approximate surface area is 462 Å². The molecule has 3 aromatic carbocycles. The topological polar surface area (TPSA) is 404 Å². The van der Waals surface area contributed by atoms with Gasteiger partial charge in [-0.05, 0) is 65.6 Å². The molecule has 0 spiro atoms. The molecule has 6 aromatic rings. The number of benzene rings is 3.